The van der Waals surface area contributed by atoms with Gasteiger partial charge in [-0.1, -0.05) is 18.2 Å². The Kier molecular flexibility index (Phi) is 3.27. The first-order valence-electron chi connectivity index (χ1n) is 4.84. The van der Waals surface area contributed by atoms with E-state index in [0.29, 0.717) is 0 Å². The number of rotatable bonds is 4. The van der Waals surface area contributed by atoms with Crippen molar-refractivity contribution in [3.63, 3.8) is 0 Å². The SMILES string of the molecule is c1ccc(SCCC2CNC2)cc1. The topological polar surface area (TPSA) is 12.0 Å². The maximum atomic E-state index is 3.30. The molecule has 0 spiro atoms. The van der Waals surface area contributed by atoms with E-state index in [2.05, 4.69) is 35.6 Å². The van der Waals surface area contributed by atoms with Crippen LogP contribution in [0.5, 0.6) is 0 Å². The van der Waals surface area contributed by atoms with Crippen LogP contribution in [0.1, 0.15) is 6.42 Å². The molecule has 1 N–H and O–H groups in total. The van der Waals surface area contributed by atoms with Crippen LogP contribution in [0.3, 0.4) is 0 Å². The molecule has 0 amide bonds. The van der Waals surface area contributed by atoms with Gasteiger partial charge in [0.2, 0.25) is 0 Å². The summed E-state index contributed by atoms with van der Waals surface area (Å²) in [4.78, 5) is 1.40. The molecule has 0 aromatic heterocycles. The zero-order valence-electron chi connectivity index (χ0n) is 7.70. The predicted molar refractivity (Wildman–Crippen MR) is 58.1 cm³/mol. The van der Waals surface area contributed by atoms with Gasteiger partial charge in [-0.25, -0.2) is 0 Å². The molecule has 0 saturated carbocycles. The van der Waals surface area contributed by atoms with Gasteiger partial charge in [0.25, 0.3) is 0 Å². The highest BCUT2D eigenvalue weighted by Crippen LogP contribution is 2.20. The van der Waals surface area contributed by atoms with E-state index in [-0.39, 0.29) is 0 Å². The van der Waals surface area contributed by atoms with Gasteiger partial charge in [-0.05, 0) is 43.3 Å². The Morgan fingerprint density at radius 3 is 2.62 bits per heavy atom. The molecule has 1 heterocycles. The molecule has 0 aliphatic carbocycles. The molecule has 2 rings (SSSR count). The highest BCUT2D eigenvalue weighted by Gasteiger charge is 2.15. The minimum absolute atomic E-state index is 0.941. The lowest BCUT2D eigenvalue weighted by Crippen LogP contribution is -2.42. The molecule has 2 heteroatoms. The van der Waals surface area contributed by atoms with Gasteiger partial charge in [-0.15, -0.1) is 11.8 Å². The van der Waals surface area contributed by atoms with E-state index in [1.165, 1.54) is 30.2 Å². The Labute approximate surface area is 83.9 Å². The van der Waals surface area contributed by atoms with E-state index in [1.54, 1.807) is 0 Å². The molecule has 1 fully saturated rings. The average molecular weight is 193 g/mol. The van der Waals surface area contributed by atoms with E-state index in [9.17, 15) is 0 Å². The zero-order valence-corrected chi connectivity index (χ0v) is 8.52. The van der Waals surface area contributed by atoms with Crippen LogP contribution < -0.4 is 5.32 Å². The summed E-state index contributed by atoms with van der Waals surface area (Å²) >= 11 is 1.97. The van der Waals surface area contributed by atoms with Crippen LogP contribution in [-0.2, 0) is 0 Å². The molecule has 0 unspecified atom stereocenters. The Morgan fingerprint density at radius 1 is 1.23 bits per heavy atom. The summed E-state index contributed by atoms with van der Waals surface area (Å²) in [6.07, 6.45) is 1.35. The normalized spacial score (nSPS) is 16.9. The van der Waals surface area contributed by atoms with Crippen molar-refractivity contribution in [1.82, 2.24) is 5.32 Å². The molecule has 1 aromatic carbocycles. The first-order chi connectivity index (χ1) is 6.45. The van der Waals surface area contributed by atoms with Crippen molar-refractivity contribution < 1.29 is 0 Å². The van der Waals surface area contributed by atoms with Crippen molar-refractivity contribution in [2.45, 2.75) is 11.3 Å². The molecule has 1 aliphatic heterocycles. The van der Waals surface area contributed by atoms with E-state index >= 15 is 0 Å². The summed E-state index contributed by atoms with van der Waals surface area (Å²) in [6.45, 7) is 2.46. The largest absolute Gasteiger partial charge is 0.316 e. The maximum Gasteiger partial charge on any atom is 0.00719 e. The Balaban J connectivity index is 1.67. The molecule has 0 atom stereocenters. The van der Waals surface area contributed by atoms with E-state index in [4.69, 9.17) is 0 Å². The summed E-state index contributed by atoms with van der Waals surface area (Å²) in [7, 11) is 0. The fourth-order valence-corrected chi connectivity index (χ4v) is 2.45. The molecule has 70 valence electrons. The van der Waals surface area contributed by atoms with Crippen LogP contribution >= 0.6 is 11.8 Å². The molecule has 0 radical (unpaired) electrons. The lowest BCUT2D eigenvalue weighted by Gasteiger charge is -2.26. The van der Waals surface area contributed by atoms with Gasteiger partial charge in [-0.3, -0.25) is 0 Å². The molecule has 1 aromatic rings. The summed E-state index contributed by atoms with van der Waals surface area (Å²) in [5.74, 6) is 2.20. The van der Waals surface area contributed by atoms with Crippen molar-refractivity contribution in [3.05, 3.63) is 30.3 Å². The molecular weight excluding hydrogens is 178 g/mol. The third kappa shape index (κ3) is 2.75. The molecule has 0 bridgehead atoms. The highest BCUT2D eigenvalue weighted by molar-refractivity contribution is 7.99. The summed E-state index contributed by atoms with van der Waals surface area (Å²) in [6, 6.07) is 10.6. The van der Waals surface area contributed by atoms with Crippen LogP contribution in [0.4, 0.5) is 0 Å². The monoisotopic (exact) mass is 193 g/mol. The number of benzene rings is 1. The number of hydrogen-bond acceptors (Lipinski definition) is 2. The van der Waals surface area contributed by atoms with E-state index in [1.807, 2.05) is 11.8 Å². The van der Waals surface area contributed by atoms with Crippen LogP contribution in [0, 0.1) is 5.92 Å². The molecular formula is C11H15NS. The van der Waals surface area contributed by atoms with Crippen LogP contribution in [0.15, 0.2) is 35.2 Å². The quantitative estimate of drug-likeness (QED) is 0.737. The first kappa shape index (κ1) is 9.10. The van der Waals surface area contributed by atoms with Gasteiger partial charge in [0.15, 0.2) is 0 Å². The van der Waals surface area contributed by atoms with E-state index in [0.717, 1.165) is 5.92 Å². The number of nitrogens with one attached hydrogen (secondary N) is 1. The molecule has 1 saturated heterocycles. The summed E-state index contributed by atoms with van der Waals surface area (Å²) in [5, 5.41) is 3.30. The average Bonchev–Trinajstić information content (AvgIpc) is 2.11. The third-order valence-electron chi connectivity index (χ3n) is 2.40. The smallest absolute Gasteiger partial charge is 0.00719 e. The lowest BCUT2D eigenvalue weighted by molar-refractivity contribution is 0.341. The summed E-state index contributed by atoms with van der Waals surface area (Å²) < 4.78 is 0. The van der Waals surface area contributed by atoms with Crippen molar-refractivity contribution in [3.8, 4) is 0 Å². The van der Waals surface area contributed by atoms with Gasteiger partial charge < -0.3 is 5.32 Å². The van der Waals surface area contributed by atoms with Crippen molar-refractivity contribution in [1.29, 1.82) is 0 Å². The summed E-state index contributed by atoms with van der Waals surface area (Å²) in [5.41, 5.74) is 0. The maximum absolute atomic E-state index is 3.30. The van der Waals surface area contributed by atoms with Crippen LogP contribution in [0.2, 0.25) is 0 Å². The van der Waals surface area contributed by atoms with Crippen LogP contribution in [-0.4, -0.2) is 18.8 Å². The fourth-order valence-electron chi connectivity index (χ4n) is 1.41. The standard InChI is InChI=1S/C11H15NS/c1-2-4-11(5-3-1)13-7-6-10-8-12-9-10/h1-5,10,12H,6-9H2. The second-order valence-electron chi connectivity index (χ2n) is 3.47. The van der Waals surface area contributed by atoms with Gasteiger partial charge in [0.05, 0.1) is 0 Å². The van der Waals surface area contributed by atoms with E-state index < -0.39 is 0 Å². The zero-order chi connectivity index (χ0) is 8.93. The third-order valence-corrected chi connectivity index (χ3v) is 3.45. The minimum Gasteiger partial charge on any atom is -0.316 e. The molecule has 1 nitrogen and oxygen atoms in total. The van der Waals surface area contributed by atoms with Gasteiger partial charge in [0, 0.05) is 4.90 Å². The predicted octanol–water partition coefficient (Wildman–Crippen LogP) is 2.39. The minimum atomic E-state index is 0.941. The second kappa shape index (κ2) is 4.68. The number of hydrogen-bond donors (Lipinski definition) is 1. The molecule has 13 heavy (non-hydrogen) atoms. The Hall–Kier alpha value is -0.470. The van der Waals surface area contributed by atoms with Crippen molar-refractivity contribution in [2.75, 3.05) is 18.8 Å². The van der Waals surface area contributed by atoms with Gasteiger partial charge in [-0.2, -0.15) is 0 Å². The Morgan fingerprint density at radius 2 is 2.00 bits per heavy atom. The molecule has 1 aliphatic rings. The van der Waals surface area contributed by atoms with Crippen LogP contribution in [0.25, 0.3) is 0 Å². The number of thioether (sulfide) groups is 1. The van der Waals surface area contributed by atoms with Crippen molar-refractivity contribution in [2.24, 2.45) is 5.92 Å². The van der Waals surface area contributed by atoms with Gasteiger partial charge >= 0.3 is 0 Å². The van der Waals surface area contributed by atoms with Crippen molar-refractivity contribution >= 4 is 11.8 Å². The first-order valence-corrected chi connectivity index (χ1v) is 5.82. The Bertz CT molecular complexity index is 244. The second-order valence-corrected chi connectivity index (χ2v) is 4.64. The lowest BCUT2D eigenvalue weighted by atomic mass is 10.0. The fraction of sp³-hybridized carbons (Fsp3) is 0.455. The van der Waals surface area contributed by atoms with Gasteiger partial charge in [0.1, 0.15) is 0 Å². The highest BCUT2D eigenvalue weighted by atomic mass is 32.2.